The number of benzene rings is 2. The summed E-state index contributed by atoms with van der Waals surface area (Å²) in [6, 6.07) is 15.9. The molecule has 2 heterocycles. The van der Waals surface area contributed by atoms with Crippen molar-refractivity contribution in [2.24, 2.45) is 0 Å². The summed E-state index contributed by atoms with van der Waals surface area (Å²) in [5.41, 5.74) is 5.40. The topological polar surface area (TPSA) is 74.8 Å². The van der Waals surface area contributed by atoms with Crippen molar-refractivity contribution in [2.75, 3.05) is 5.32 Å². The zero-order valence-electron chi connectivity index (χ0n) is 17.7. The van der Waals surface area contributed by atoms with Crippen LogP contribution in [0.3, 0.4) is 0 Å². The molecule has 2 aromatic carbocycles. The first kappa shape index (κ1) is 21.0. The van der Waals surface area contributed by atoms with Gasteiger partial charge in [0.25, 0.3) is 5.56 Å². The van der Waals surface area contributed by atoms with Gasteiger partial charge in [0.05, 0.1) is 10.6 Å². The Balaban J connectivity index is 1.39. The van der Waals surface area contributed by atoms with Crippen LogP contribution in [-0.4, -0.2) is 21.1 Å². The minimum atomic E-state index is -0.407. The number of aryl methyl sites for hydroxylation is 2. The number of para-hydroxylation sites is 1. The van der Waals surface area contributed by atoms with E-state index in [-0.39, 0.29) is 11.5 Å². The van der Waals surface area contributed by atoms with Gasteiger partial charge in [-0.05, 0) is 61.4 Å². The minimum Gasteiger partial charge on any atom is -0.325 e. The Labute approximate surface area is 194 Å². The lowest BCUT2D eigenvalue weighted by Gasteiger charge is -2.16. The Morgan fingerprint density at radius 3 is 2.72 bits per heavy atom. The number of carbonyl (C=O) groups is 1. The maximum Gasteiger partial charge on any atom is 0.260 e. The zero-order chi connectivity index (χ0) is 22.1. The number of nitrogens with one attached hydrogen (secondary N) is 2. The molecule has 2 N–H and O–H groups in total. The number of nitrogens with zero attached hydrogens (tertiary/aromatic N) is 1. The largest absolute Gasteiger partial charge is 0.325 e. The molecule has 1 unspecified atom stereocenters. The van der Waals surface area contributed by atoms with Crippen LogP contribution in [0.15, 0.2) is 63.9 Å². The van der Waals surface area contributed by atoms with Gasteiger partial charge < -0.3 is 10.3 Å². The third-order valence-electron chi connectivity index (χ3n) is 5.78. The first-order valence-electron chi connectivity index (χ1n) is 10.7. The van der Waals surface area contributed by atoms with Gasteiger partial charge in [-0.3, -0.25) is 9.59 Å². The van der Waals surface area contributed by atoms with Gasteiger partial charge in [-0.1, -0.05) is 48.2 Å². The van der Waals surface area contributed by atoms with Crippen LogP contribution in [0.25, 0.3) is 21.3 Å². The first-order valence-corrected chi connectivity index (χ1v) is 12.5. The van der Waals surface area contributed by atoms with Gasteiger partial charge >= 0.3 is 0 Å². The van der Waals surface area contributed by atoms with Crippen molar-refractivity contribution in [3.05, 3.63) is 75.4 Å². The Bertz CT molecular complexity index is 1340. The second-order valence-electron chi connectivity index (χ2n) is 8.01. The van der Waals surface area contributed by atoms with Gasteiger partial charge in [0, 0.05) is 16.6 Å². The third-order valence-corrected chi connectivity index (χ3v) is 7.64. The number of thioether (sulfide) groups is 1. The van der Waals surface area contributed by atoms with E-state index in [2.05, 4.69) is 33.5 Å². The molecule has 1 aliphatic rings. The number of amides is 1. The van der Waals surface area contributed by atoms with E-state index in [4.69, 9.17) is 0 Å². The third kappa shape index (κ3) is 4.23. The van der Waals surface area contributed by atoms with Crippen LogP contribution >= 0.6 is 23.1 Å². The SMILES string of the molecule is CC(Sc1nc2scc(-c3ccc4c(c3)CCCC4)c2c(=O)[nH]1)C(=O)Nc1ccccc1. The molecule has 1 aliphatic carbocycles. The summed E-state index contributed by atoms with van der Waals surface area (Å²) in [5.74, 6) is -0.134. The van der Waals surface area contributed by atoms with E-state index < -0.39 is 5.25 Å². The van der Waals surface area contributed by atoms with E-state index >= 15 is 0 Å². The number of hydrogen-bond donors (Lipinski definition) is 2. The summed E-state index contributed by atoms with van der Waals surface area (Å²) >= 11 is 2.72. The molecule has 0 saturated carbocycles. The van der Waals surface area contributed by atoms with Gasteiger partial charge in [0.2, 0.25) is 5.91 Å². The van der Waals surface area contributed by atoms with Crippen molar-refractivity contribution in [1.29, 1.82) is 0 Å². The number of hydrogen-bond acceptors (Lipinski definition) is 5. The lowest BCUT2D eigenvalue weighted by atomic mass is 9.89. The van der Waals surface area contributed by atoms with Crippen LogP contribution in [0.4, 0.5) is 5.69 Å². The van der Waals surface area contributed by atoms with Crippen LogP contribution in [0, 0.1) is 0 Å². The number of aromatic amines is 1. The highest BCUT2D eigenvalue weighted by Crippen LogP contribution is 2.34. The summed E-state index contributed by atoms with van der Waals surface area (Å²) in [4.78, 5) is 33.7. The van der Waals surface area contributed by atoms with Gasteiger partial charge in [-0.15, -0.1) is 11.3 Å². The standard InChI is InChI=1S/C25H23N3O2S2/c1-15(22(29)26-19-9-3-2-4-10-19)32-25-27-23(30)21-20(14-31-24(21)28-25)18-12-11-16-7-5-6-8-17(16)13-18/h2-4,9-15H,5-8H2,1H3,(H,26,29)(H,27,28,30). The molecule has 0 fully saturated rings. The number of aromatic nitrogens is 2. The molecule has 1 amide bonds. The van der Waals surface area contributed by atoms with Gasteiger partial charge in [-0.2, -0.15) is 0 Å². The second-order valence-corrected chi connectivity index (χ2v) is 10.2. The van der Waals surface area contributed by atoms with Gasteiger partial charge in [0.1, 0.15) is 4.83 Å². The number of rotatable bonds is 5. The summed E-state index contributed by atoms with van der Waals surface area (Å²) < 4.78 is 0. The average molecular weight is 462 g/mol. The molecule has 0 spiro atoms. The molecular weight excluding hydrogens is 438 g/mol. The normalized spacial score (nSPS) is 14.2. The van der Waals surface area contributed by atoms with E-state index in [9.17, 15) is 9.59 Å². The fraction of sp³-hybridized carbons (Fsp3) is 0.240. The number of fused-ring (bicyclic) bond motifs is 2. The Morgan fingerprint density at radius 2 is 1.91 bits per heavy atom. The van der Waals surface area contributed by atoms with E-state index in [0.717, 1.165) is 29.7 Å². The molecule has 0 radical (unpaired) electrons. The van der Waals surface area contributed by atoms with E-state index in [1.807, 2.05) is 35.7 Å². The van der Waals surface area contributed by atoms with E-state index in [1.165, 1.54) is 47.1 Å². The molecule has 0 saturated heterocycles. The first-order chi connectivity index (χ1) is 15.6. The highest BCUT2D eigenvalue weighted by molar-refractivity contribution is 8.00. The monoisotopic (exact) mass is 461 g/mol. The Hall–Kier alpha value is -2.90. The average Bonchev–Trinajstić information content (AvgIpc) is 3.24. The lowest BCUT2D eigenvalue weighted by Crippen LogP contribution is -2.23. The molecule has 5 rings (SSSR count). The highest BCUT2D eigenvalue weighted by Gasteiger charge is 2.19. The maximum absolute atomic E-state index is 13.0. The summed E-state index contributed by atoms with van der Waals surface area (Å²) in [6.45, 7) is 1.81. The van der Waals surface area contributed by atoms with Crippen LogP contribution in [-0.2, 0) is 17.6 Å². The molecule has 2 aromatic heterocycles. The Morgan fingerprint density at radius 1 is 1.12 bits per heavy atom. The van der Waals surface area contributed by atoms with E-state index in [0.29, 0.717) is 15.4 Å². The van der Waals surface area contributed by atoms with Crippen LogP contribution in [0.2, 0.25) is 0 Å². The molecule has 0 bridgehead atoms. The van der Waals surface area contributed by atoms with Crippen molar-refractivity contribution >= 4 is 44.9 Å². The van der Waals surface area contributed by atoms with E-state index in [1.54, 1.807) is 6.92 Å². The fourth-order valence-corrected chi connectivity index (χ4v) is 5.89. The van der Waals surface area contributed by atoms with Crippen molar-refractivity contribution in [3.63, 3.8) is 0 Å². The molecule has 32 heavy (non-hydrogen) atoms. The molecule has 7 heteroatoms. The minimum absolute atomic E-state index is 0.134. The molecule has 4 aromatic rings. The predicted molar refractivity (Wildman–Crippen MR) is 133 cm³/mol. The fourth-order valence-electron chi connectivity index (χ4n) is 4.08. The van der Waals surface area contributed by atoms with Crippen molar-refractivity contribution in [1.82, 2.24) is 9.97 Å². The summed E-state index contributed by atoms with van der Waals surface area (Å²) in [5, 5.41) is 5.57. The quantitative estimate of drug-likeness (QED) is 0.297. The molecule has 162 valence electrons. The highest BCUT2D eigenvalue weighted by atomic mass is 32.2. The number of anilines is 1. The Kier molecular flexibility index (Phi) is 5.85. The summed E-state index contributed by atoms with van der Waals surface area (Å²) in [6.07, 6.45) is 4.71. The van der Waals surface area contributed by atoms with Crippen molar-refractivity contribution < 1.29 is 4.79 Å². The molecule has 5 nitrogen and oxygen atoms in total. The van der Waals surface area contributed by atoms with Gasteiger partial charge in [0.15, 0.2) is 5.16 Å². The van der Waals surface area contributed by atoms with Crippen molar-refractivity contribution in [2.45, 2.75) is 43.0 Å². The zero-order valence-corrected chi connectivity index (χ0v) is 19.3. The van der Waals surface area contributed by atoms with Crippen molar-refractivity contribution in [3.8, 4) is 11.1 Å². The predicted octanol–water partition coefficient (Wildman–Crippen LogP) is 5.65. The number of thiophene rings is 1. The number of carbonyl (C=O) groups excluding carboxylic acids is 1. The van der Waals surface area contributed by atoms with Gasteiger partial charge in [-0.25, -0.2) is 4.98 Å². The second kappa shape index (κ2) is 8.92. The lowest BCUT2D eigenvalue weighted by molar-refractivity contribution is -0.115. The number of H-pyrrole nitrogens is 1. The molecule has 1 atom stereocenters. The smallest absolute Gasteiger partial charge is 0.260 e. The molecule has 0 aliphatic heterocycles. The summed E-state index contributed by atoms with van der Waals surface area (Å²) in [7, 11) is 0. The van der Waals surface area contributed by atoms with Crippen LogP contribution < -0.4 is 10.9 Å². The maximum atomic E-state index is 13.0. The van der Waals surface area contributed by atoms with Crippen LogP contribution in [0.1, 0.15) is 30.9 Å². The van der Waals surface area contributed by atoms with Crippen LogP contribution in [0.5, 0.6) is 0 Å². The molecular formula is C25H23N3O2S2.